The number of fused-ring (bicyclic) bond motifs is 1. The first-order chi connectivity index (χ1) is 8.41. The Kier molecular flexibility index (Phi) is 2.82. The number of rotatable bonds is 3. The van der Waals surface area contributed by atoms with E-state index in [0.29, 0.717) is 0 Å². The van der Waals surface area contributed by atoms with Crippen LogP contribution in [-0.2, 0) is 11.3 Å². The van der Waals surface area contributed by atoms with E-state index in [1.807, 2.05) is 13.8 Å². The van der Waals surface area contributed by atoms with Crippen molar-refractivity contribution in [1.82, 2.24) is 4.57 Å². The summed E-state index contributed by atoms with van der Waals surface area (Å²) in [5, 5.41) is 9.82. The first-order valence-electron chi connectivity index (χ1n) is 5.53. The van der Waals surface area contributed by atoms with Gasteiger partial charge >= 0.3 is 5.97 Å². The average Bonchev–Trinajstić information content (AvgIpc) is 2.54. The number of carboxylic acid groups (broad SMARTS) is 1. The molecule has 5 heteroatoms. The van der Waals surface area contributed by atoms with Gasteiger partial charge in [0.15, 0.2) is 0 Å². The summed E-state index contributed by atoms with van der Waals surface area (Å²) in [6.07, 6.45) is 0. The molecule has 2 rings (SSSR count). The lowest BCUT2D eigenvalue weighted by Crippen LogP contribution is -2.19. The average molecular weight is 246 g/mol. The summed E-state index contributed by atoms with van der Waals surface area (Å²) in [4.78, 5) is 22.0. The van der Waals surface area contributed by atoms with Crippen LogP contribution >= 0.6 is 0 Å². The molecule has 0 saturated carbocycles. The van der Waals surface area contributed by atoms with Crippen LogP contribution in [0.25, 0.3) is 10.9 Å². The Balaban J connectivity index is 2.71. The van der Waals surface area contributed by atoms with Gasteiger partial charge in [-0.25, -0.2) is 4.79 Å². The summed E-state index contributed by atoms with van der Waals surface area (Å²) in [6.45, 7) is 3.89. The number of amides is 1. The monoisotopic (exact) mass is 246 g/mol. The van der Waals surface area contributed by atoms with Crippen molar-refractivity contribution in [3.63, 3.8) is 0 Å². The fourth-order valence-electron chi connectivity index (χ4n) is 2.14. The van der Waals surface area contributed by atoms with Crippen LogP contribution in [0.4, 0.5) is 0 Å². The lowest BCUT2D eigenvalue weighted by Gasteiger charge is -2.05. The fourth-order valence-corrected chi connectivity index (χ4v) is 2.14. The zero-order valence-electron chi connectivity index (χ0n) is 10.2. The molecule has 1 aromatic carbocycles. The van der Waals surface area contributed by atoms with Crippen LogP contribution in [0.1, 0.15) is 21.6 Å². The van der Waals surface area contributed by atoms with Crippen molar-refractivity contribution < 1.29 is 14.7 Å². The van der Waals surface area contributed by atoms with E-state index in [1.165, 1.54) is 6.07 Å². The molecule has 1 heterocycles. The predicted molar refractivity (Wildman–Crippen MR) is 67.6 cm³/mol. The van der Waals surface area contributed by atoms with Gasteiger partial charge in [0.05, 0.1) is 5.56 Å². The zero-order chi connectivity index (χ0) is 13.4. The quantitative estimate of drug-likeness (QED) is 0.859. The second-order valence-corrected chi connectivity index (χ2v) is 4.30. The first-order valence-corrected chi connectivity index (χ1v) is 5.53. The standard InChI is InChI=1S/C13H14N2O3/c1-7-8(2)15(6-12(14)16)11-4-3-9(13(17)18)5-10(7)11/h3-5H,6H2,1-2H3,(H2,14,16)(H,17,18). The molecule has 0 aliphatic heterocycles. The van der Waals surface area contributed by atoms with Crippen LogP contribution in [0.3, 0.4) is 0 Å². The Bertz CT molecular complexity index is 656. The molecule has 0 radical (unpaired) electrons. The van der Waals surface area contributed by atoms with Gasteiger partial charge in [-0.15, -0.1) is 0 Å². The van der Waals surface area contributed by atoms with Gasteiger partial charge in [0.1, 0.15) is 6.54 Å². The van der Waals surface area contributed by atoms with Gasteiger partial charge in [-0.2, -0.15) is 0 Å². The highest BCUT2D eigenvalue weighted by atomic mass is 16.4. The minimum Gasteiger partial charge on any atom is -0.478 e. The van der Waals surface area contributed by atoms with Gasteiger partial charge in [0.25, 0.3) is 0 Å². The molecule has 0 spiro atoms. The van der Waals surface area contributed by atoms with Crippen LogP contribution in [0.15, 0.2) is 18.2 Å². The Labute approximate surface area is 104 Å². The van der Waals surface area contributed by atoms with E-state index in [0.717, 1.165) is 22.2 Å². The maximum atomic E-state index is 11.1. The molecule has 0 bridgehead atoms. The molecule has 0 aliphatic carbocycles. The van der Waals surface area contributed by atoms with Crippen LogP contribution < -0.4 is 5.73 Å². The van der Waals surface area contributed by atoms with Crippen molar-refractivity contribution in [2.45, 2.75) is 20.4 Å². The van der Waals surface area contributed by atoms with E-state index in [4.69, 9.17) is 10.8 Å². The van der Waals surface area contributed by atoms with Crippen molar-refractivity contribution in [1.29, 1.82) is 0 Å². The van der Waals surface area contributed by atoms with Gasteiger partial charge in [0, 0.05) is 16.6 Å². The van der Waals surface area contributed by atoms with Crippen LogP contribution in [0, 0.1) is 13.8 Å². The number of aromatic nitrogens is 1. The van der Waals surface area contributed by atoms with Gasteiger partial charge in [-0.3, -0.25) is 4.79 Å². The molecule has 0 unspecified atom stereocenters. The van der Waals surface area contributed by atoms with Gasteiger partial charge in [-0.05, 0) is 37.6 Å². The molecule has 0 fully saturated rings. The smallest absolute Gasteiger partial charge is 0.335 e. The number of aromatic carboxylic acids is 1. The van der Waals surface area contributed by atoms with Crippen molar-refractivity contribution in [3.8, 4) is 0 Å². The molecule has 94 valence electrons. The highest BCUT2D eigenvalue weighted by molar-refractivity contribution is 5.95. The van der Waals surface area contributed by atoms with Crippen LogP contribution in [0.5, 0.6) is 0 Å². The Morgan fingerprint density at radius 2 is 2.00 bits per heavy atom. The van der Waals surface area contributed by atoms with E-state index in [-0.39, 0.29) is 12.1 Å². The molecule has 1 aromatic heterocycles. The molecule has 3 N–H and O–H groups in total. The van der Waals surface area contributed by atoms with E-state index < -0.39 is 11.9 Å². The van der Waals surface area contributed by atoms with E-state index in [1.54, 1.807) is 16.7 Å². The highest BCUT2D eigenvalue weighted by Gasteiger charge is 2.14. The van der Waals surface area contributed by atoms with E-state index in [9.17, 15) is 9.59 Å². The van der Waals surface area contributed by atoms with E-state index in [2.05, 4.69) is 0 Å². The number of carbonyl (C=O) groups is 2. The Morgan fingerprint density at radius 1 is 1.33 bits per heavy atom. The number of hydrogen-bond acceptors (Lipinski definition) is 2. The summed E-state index contributed by atoms with van der Waals surface area (Å²) in [5.41, 5.74) is 8.17. The van der Waals surface area contributed by atoms with Gasteiger partial charge < -0.3 is 15.4 Å². The van der Waals surface area contributed by atoms with Crippen LogP contribution in [0.2, 0.25) is 0 Å². The van der Waals surface area contributed by atoms with Crippen molar-refractivity contribution in [3.05, 3.63) is 35.0 Å². The molecule has 1 amide bonds. The molecule has 0 atom stereocenters. The minimum absolute atomic E-state index is 0.0998. The summed E-state index contributed by atoms with van der Waals surface area (Å²) in [7, 11) is 0. The third-order valence-electron chi connectivity index (χ3n) is 3.20. The number of nitrogens with two attached hydrogens (primary N) is 1. The van der Waals surface area contributed by atoms with E-state index >= 15 is 0 Å². The normalized spacial score (nSPS) is 10.8. The summed E-state index contributed by atoms with van der Waals surface area (Å²) >= 11 is 0. The van der Waals surface area contributed by atoms with Crippen molar-refractivity contribution >= 4 is 22.8 Å². The Hall–Kier alpha value is -2.30. The lowest BCUT2D eigenvalue weighted by atomic mass is 10.1. The third kappa shape index (κ3) is 1.84. The van der Waals surface area contributed by atoms with Crippen molar-refractivity contribution in [2.24, 2.45) is 5.73 Å². The number of carboxylic acids is 1. The SMILES string of the molecule is Cc1c(C)n(CC(N)=O)c2ccc(C(=O)O)cc12. The zero-order valence-corrected chi connectivity index (χ0v) is 10.2. The molecular weight excluding hydrogens is 232 g/mol. The largest absolute Gasteiger partial charge is 0.478 e. The van der Waals surface area contributed by atoms with Crippen LogP contribution in [-0.4, -0.2) is 21.6 Å². The molecule has 0 aliphatic rings. The number of nitrogens with zero attached hydrogens (tertiary/aromatic N) is 1. The second kappa shape index (κ2) is 4.18. The third-order valence-corrected chi connectivity index (χ3v) is 3.20. The fraction of sp³-hybridized carbons (Fsp3) is 0.231. The maximum absolute atomic E-state index is 11.1. The van der Waals surface area contributed by atoms with Gasteiger partial charge in [0.2, 0.25) is 5.91 Å². The minimum atomic E-state index is -0.961. The molecule has 0 saturated heterocycles. The number of aryl methyl sites for hydroxylation is 1. The molecule has 5 nitrogen and oxygen atoms in total. The van der Waals surface area contributed by atoms with Crippen molar-refractivity contribution in [2.75, 3.05) is 0 Å². The summed E-state index contributed by atoms with van der Waals surface area (Å²) in [6, 6.07) is 4.86. The molecular formula is C13H14N2O3. The Morgan fingerprint density at radius 3 is 2.56 bits per heavy atom. The first kappa shape index (κ1) is 12.2. The maximum Gasteiger partial charge on any atom is 0.335 e. The number of carbonyl (C=O) groups excluding carboxylic acids is 1. The summed E-state index contributed by atoms with van der Waals surface area (Å²) in [5.74, 6) is -1.38. The highest BCUT2D eigenvalue weighted by Crippen LogP contribution is 2.26. The summed E-state index contributed by atoms with van der Waals surface area (Å²) < 4.78 is 1.80. The molecule has 18 heavy (non-hydrogen) atoms. The molecule has 2 aromatic rings. The number of benzene rings is 1. The predicted octanol–water partition coefficient (Wildman–Crippen LogP) is 1.44. The lowest BCUT2D eigenvalue weighted by molar-refractivity contribution is -0.118. The second-order valence-electron chi connectivity index (χ2n) is 4.30. The van der Waals surface area contributed by atoms with Gasteiger partial charge in [-0.1, -0.05) is 0 Å². The topological polar surface area (TPSA) is 85.3 Å². The number of hydrogen-bond donors (Lipinski definition) is 2. The number of primary amides is 1.